The molecule has 1 aliphatic rings. The van der Waals surface area contributed by atoms with Crippen molar-refractivity contribution >= 4 is 42.6 Å². The standard InChI is InChI=1S/C18H16FN3O4S2/c19-14-4-2-1-3-13(14)17(23)21-18-20-15-6-5-12(11-16(15)27-18)28(24,25)22-7-9-26-10-8-22/h1-6,11H,7-10H2,(H,20,21,23). The smallest absolute Gasteiger partial charge is 0.260 e. The number of ether oxygens (including phenoxy) is 1. The molecule has 0 bridgehead atoms. The van der Waals surface area contributed by atoms with E-state index in [9.17, 15) is 17.6 Å². The fourth-order valence-electron chi connectivity index (χ4n) is 2.86. The number of halogens is 1. The van der Waals surface area contributed by atoms with Crippen molar-refractivity contribution in [3.05, 3.63) is 53.8 Å². The zero-order valence-electron chi connectivity index (χ0n) is 14.6. The summed E-state index contributed by atoms with van der Waals surface area (Å²) in [5.41, 5.74) is 0.465. The molecule has 10 heteroatoms. The summed E-state index contributed by atoms with van der Waals surface area (Å²) in [5, 5.41) is 2.83. The molecule has 1 N–H and O–H groups in total. The monoisotopic (exact) mass is 421 g/mol. The van der Waals surface area contributed by atoms with Crippen LogP contribution < -0.4 is 5.32 Å². The van der Waals surface area contributed by atoms with Gasteiger partial charge in [-0.2, -0.15) is 4.31 Å². The molecule has 0 aliphatic carbocycles. The maximum absolute atomic E-state index is 13.8. The van der Waals surface area contributed by atoms with Gasteiger partial charge < -0.3 is 4.74 Å². The van der Waals surface area contributed by atoms with Crippen LogP contribution in [0.5, 0.6) is 0 Å². The summed E-state index contributed by atoms with van der Waals surface area (Å²) in [6.07, 6.45) is 0. The molecule has 4 rings (SSSR count). The summed E-state index contributed by atoms with van der Waals surface area (Å²) >= 11 is 1.13. The van der Waals surface area contributed by atoms with Crippen molar-refractivity contribution in [3.63, 3.8) is 0 Å². The van der Waals surface area contributed by atoms with E-state index in [0.29, 0.717) is 36.5 Å². The van der Waals surface area contributed by atoms with Crippen LogP contribution in [0.15, 0.2) is 47.4 Å². The Balaban J connectivity index is 1.60. The van der Waals surface area contributed by atoms with Gasteiger partial charge in [-0.15, -0.1) is 0 Å². The van der Waals surface area contributed by atoms with E-state index in [1.54, 1.807) is 12.1 Å². The Morgan fingerprint density at radius 2 is 1.93 bits per heavy atom. The summed E-state index contributed by atoms with van der Waals surface area (Å²) in [5.74, 6) is -1.24. The molecule has 1 aliphatic heterocycles. The lowest BCUT2D eigenvalue weighted by Gasteiger charge is -2.25. The van der Waals surface area contributed by atoms with Gasteiger partial charge in [-0.25, -0.2) is 17.8 Å². The molecule has 1 amide bonds. The van der Waals surface area contributed by atoms with Crippen molar-refractivity contribution in [1.29, 1.82) is 0 Å². The minimum atomic E-state index is -3.62. The molecule has 0 saturated carbocycles. The van der Waals surface area contributed by atoms with E-state index >= 15 is 0 Å². The van der Waals surface area contributed by atoms with Crippen LogP contribution in [0.25, 0.3) is 10.2 Å². The highest BCUT2D eigenvalue weighted by molar-refractivity contribution is 7.89. The third kappa shape index (κ3) is 3.63. The van der Waals surface area contributed by atoms with Gasteiger partial charge in [-0.3, -0.25) is 10.1 Å². The lowest BCUT2D eigenvalue weighted by molar-refractivity contribution is 0.0730. The molecule has 0 atom stereocenters. The van der Waals surface area contributed by atoms with Crippen LogP contribution in [0, 0.1) is 5.82 Å². The number of sulfonamides is 1. The second-order valence-corrected chi connectivity index (χ2v) is 9.07. The fourth-order valence-corrected chi connectivity index (χ4v) is 5.27. The second kappa shape index (κ2) is 7.55. The van der Waals surface area contributed by atoms with Crippen LogP contribution in [0.4, 0.5) is 9.52 Å². The average Bonchev–Trinajstić information content (AvgIpc) is 3.10. The lowest BCUT2D eigenvalue weighted by Crippen LogP contribution is -2.40. The quantitative estimate of drug-likeness (QED) is 0.700. The molecule has 0 unspecified atom stereocenters. The number of fused-ring (bicyclic) bond motifs is 1. The van der Waals surface area contributed by atoms with Gasteiger partial charge in [0.2, 0.25) is 10.0 Å². The lowest BCUT2D eigenvalue weighted by atomic mass is 10.2. The van der Waals surface area contributed by atoms with E-state index in [4.69, 9.17) is 4.74 Å². The summed E-state index contributed by atoms with van der Waals surface area (Å²) in [4.78, 5) is 16.7. The summed E-state index contributed by atoms with van der Waals surface area (Å²) < 4.78 is 46.5. The summed E-state index contributed by atoms with van der Waals surface area (Å²) in [6.45, 7) is 1.36. The third-order valence-corrected chi connectivity index (χ3v) is 7.13. The number of amides is 1. The first-order valence-corrected chi connectivity index (χ1v) is 10.8. The maximum Gasteiger partial charge on any atom is 0.260 e. The van der Waals surface area contributed by atoms with E-state index in [1.807, 2.05) is 0 Å². The predicted octanol–water partition coefficient (Wildman–Crippen LogP) is 2.71. The number of hydrogen-bond acceptors (Lipinski definition) is 6. The van der Waals surface area contributed by atoms with Gasteiger partial charge in [0.15, 0.2) is 5.13 Å². The molecule has 0 radical (unpaired) electrons. The van der Waals surface area contributed by atoms with Crippen LogP contribution >= 0.6 is 11.3 Å². The average molecular weight is 421 g/mol. The number of anilines is 1. The number of hydrogen-bond donors (Lipinski definition) is 1. The number of nitrogens with zero attached hydrogens (tertiary/aromatic N) is 2. The Bertz CT molecular complexity index is 1140. The molecule has 2 aromatic carbocycles. The molecule has 146 valence electrons. The summed E-state index contributed by atoms with van der Waals surface area (Å²) in [6, 6.07) is 10.3. The number of thiazole rings is 1. The zero-order valence-corrected chi connectivity index (χ0v) is 16.2. The van der Waals surface area contributed by atoms with Crippen molar-refractivity contribution < 1.29 is 22.3 Å². The topological polar surface area (TPSA) is 88.6 Å². The predicted molar refractivity (Wildman–Crippen MR) is 104 cm³/mol. The van der Waals surface area contributed by atoms with Gasteiger partial charge in [-0.1, -0.05) is 23.5 Å². The van der Waals surface area contributed by atoms with Gasteiger partial charge in [0.1, 0.15) is 5.82 Å². The van der Waals surface area contributed by atoms with Crippen molar-refractivity contribution in [3.8, 4) is 0 Å². The number of rotatable bonds is 4. The third-order valence-electron chi connectivity index (χ3n) is 4.31. The van der Waals surface area contributed by atoms with Crippen molar-refractivity contribution in [2.45, 2.75) is 4.90 Å². The van der Waals surface area contributed by atoms with E-state index in [-0.39, 0.29) is 15.6 Å². The minimum absolute atomic E-state index is 0.0858. The first-order chi connectivity index (χ1) is 13.4. The van der Waals surface area contributed by atoms with E-state index in [1.165, 1.54) is 34.6 Å². The van der Waals surface area contributed by atoms with Gasteiger partial charge in [-0.05, 0) is 30.3 Å². The van der Waals surface area contributed by atoms with Gasteiger partial charge in [0.05, 0.1) is 33.9 Å². The van der Waals surface area contributed by atoms with Crippen LogP contribution in [0.2, 0.25) is 0 Å². The molecule has 2 heterocycles. The van der Waals surface area contributed by atoms with Crippen LogP contribution in [0.3, 0.4) is 0 Å². The van der Waals surface area contributed by atoms with Crippen LogP contribution in [-0.2, 0) is 14.8 Å². The molecule has 28 heavy (non-hydrogen) atoms. The largest absolute Gasteiger partial charge is 0.379 e. The van der Waals surface area contributed by atoms with Gasteiger partial charge in [0, 0.05) is 13.1 Å². The fraction of sp³-hybridized carbons (Fsp3) is 0.222. The highest BCUT2D eigenvalue weighted by Crippen LogP contribution is 2.29. The number of carbonyl (C=O) groups is 1. The number of nitrogens with one attached hydrogen (secondary N) is 1. The second-order valence-electron chi connectivity index (χ2n) is 6.10. The van der Waals surface area contributed by atoms with Crippen molar-refractivity contribution in [2.75, 3.05) is 31.6 Å². The molecular weight excluding hydrogens is 405 g/mol. The van der Waals surface area contributed by atoms with Crippen LogP contribution in [-0.4, -0.2) is 49.9 Å². The Kier molecular flexibility index (Phi) is 5.11. The molecule has 1 aromatic heterocycles. The maximum atomic E-state index is 13.8. The number of aromatic nitrogens is 1. The van der Waals surface area contributed by atoms with Gasteiger partial charge in [0.25, 0.3) is 5.91 Å². The molecule has 1 saturated heterocycles. The number of carbonyl (C=O) groups excluding carboxylic acids is 1. The van der Waals surface area contributed by atoms with E-state index in [2.05, 4.69) is 10.3 Å². The first kappa shape index (κ1) is 18.9. The number of benzene rings is 2. The summed E-state index contributed by atoms with van der Waals surface area (Å²) in [7, 11) is -3.62. The SMILES string of the molecule is O=C(Nc1nc2ccc(S(=O)(=O)N3CCOCC3)cc2s1)c1ccccc1F. The van der Waals surface area contributed by atoms with Crippen LogP contribution in [0.1, 0.15) is 10.4 Å². The molecule has 1 fully saturated rings. The molecule has 7 nitrogen and oxygen atoms in total. The van der Waals surface area contributed by atoms with Gasteiger partial charge >= 0.3 is 0 Å². The number of morpholine rings is 1. The minimum Gasteiger partial charge on any atom is -0.379 e. The van der Waals surface area contributed by atoms with Crippen molar-refractivity contribution in [1.82, 2.24) is 9.29 Å². The normalized spacial score (nSPS) is 15.6. The Hall–Kier alpha value is -2.40. The Morgan fingerprint density at radius 3 is 2.68 bits per heavy atom. The highest BCUT2D eigenvalue weighted by atomic mass is 32.2. The van der Waals surface area contributed by atoms with E-state index in [0.717, 1.165) is 11.3 Å². The Morgan fingerprint density at radius 1 is 1.18 bits per heavy atom. The van der Waals surface area contributed by atoms with E-state index < -0.39 is 21.7 Å². The Labute approximate surface area is 164 Å². The highest BCUT2D eigenvalue weighted by Gasteiger charge is 2.26. The zero-order chi connectivity index (χ0) is 19.7. The molecular formula is C18H16FN3O4S2. The first-order valence-electron chi connectivity index (χ1n) is 8.49. The molecule has 0 spiro atoms. The van der Waals surface area contributed by atoms with Crippen molar-refractivity contribution in [2.24, 2.45) is 0 Å². The molecule has 3 aromatic rings.